The predicted octanol–water partition coefficient (Wildman–Crippen LogP) is 2.84. The highest BCUT2D eigenvalue weighted by Crippen LogP contribution is 2.37. The zero-order chi connectivity index (χ0) is 17.5. The van der Waals surface area contributed by atoms with E-state index in [1.165, 1.54) is 0 Å². The molecule has 0 bridgehead atoms. The van der Waals surface area contributed by atoms with E-state index in [4.69, 9.17) is 15.5 Å². The summed E-state index contributed by atoms with van der Waals surface area (Å²) in [5, 5.41) is 3.38. The summed E-state index contributed by atoms with van der Waals surface area (Å²) in [6.07, 6.45) is 5.38. The molecule has 1 aliphatic heterocycles. The highest BCUT2D eigenvalue weighted by molar-refractivity contribution is 5.84. The number of pyridine rings is 1. The lowest BCUT2D eigenvalue weighted by Gasteiger charge is -2.20. The van der Waals surface area contributed by atoms with Crippen LogP contribution in [0.1, 0.15) is 0 Å². The predicted molar refractivity (Wildman–Crippen MR) is 100 cm³/mol. The first kappa shape index (κ1) is 14.7. The Morgan fingerprint density at radius 3 is 2.96 bits per heavy atom. The Kier molecular flexibility index (Phi) is 3.24. The van der Waals surface area contributed by atoms with E-state index in [-0.39, 0.29) is 0 Å². The second-order valence-corrected chi connectivity index (χ2v) is 6.05. The van der Waals surface area contributed by atoms with Crippen molar-refractivity contribution in [2.24, 2.45) is 0 Å². The second-order valence-electron chi connectivity index (χ2n) is 6.05. The topological polar surface area (TPSA) is 90.4 Å². The zero-order valence-electron chi connectivity index (χ0n) is 13.9. The number of aromatic nitrogens is 4. The first-order chi connectivity index (χ1) is 12.8. The number of nitrogen functional groups attached to an aromatic ring is 1. The number of ether oxygens (including phenoxy) is 1. The van der Waals surface area contributed by atoms with Crippen molar-refractivity contribution in [2.75, 3.05) is 24.2 Å². The van der Waals surface area contributed by atoms with Gasteiger partial charge >= 0.3 is 0 Å². The van der Waals surface area contributed by atoms with Gasteiger partial charge in [0.1, 0.15) is 18.2 Å². The average Bonchev–Trinajstić information content (AvgIpc) is 3.07. The maximum atomic E-state index is 5.88. The molecule has 3 N–H and O–H groups in total. The van der Waals surface area contributed by atoms with Crippen molar-refractivity contribution in [1.29, 1.82) is 0 Å². The third kappa shape index (κ3) is 2.33. The molecular formula is C19H16N6O. The molecule has 0 fully saturated rings. The third-order valence-corrected chi connectivity index (χ3v) is 4.39. The SMILES string of the molecule is Nc1cc(-c2nc3ncccn3c2-c2ccc3c(c2)NCCO3)ccn1. The smallest absolute Gasteiger partial charge is 0.234 e. The molecule has 5 rings (SSSR count). The van der Waals surface area contributed by atoms with Crippen molar-refractivity contribution < 1.29 is 4.74 Å². The quantitative estimate of drug-likeness (QED) is 0.581. The molecule has 0 saturated heterocycles. The maximum Gasteiger partial charge on any atom is 0.234 e. The number of rotatable bonds is 2. The lowest BCUT2D eigenvalue weighted by Crippen LogP contribution is -2.17. The minimum atomic E-state index is 0.457. The van der Waals surface area contributed by atoms with Crippen molar-refractivity contribution in [3.05, 3.63) is 55.0 Å². The number of nitrogens with one attached hydrogen (secondary N) is 1. The monoisotopic (exact) mass is 344 g/mol. The van der Waals surface area contributed by atoms with Gasteiger partial charge < -0.3 is 15.8 Å². The van der Waals surface area contributed by atoms with Gasteiger partial charge in [0, 0.05) is 36.3 Å². The Hall–Kier alpha value is -3.61. The largest absolute Gasteiger partial charge is 0.490 e. The maximum absolute atomic E-state index is 5.88. The number of hydrogen-bond acceptors (Lipinski definition) is 6. The number of benzene rings is 1. The van der Waals surface area contributed by atoms with Crippen LogP contribution in [0, 0.1) is 0 Å². The highest BCUT2D eigenvalue weighted by atomic mass is 16.5. The van der Waals surface area contributed by atoms with Gasteiger partial charge in [-0.15, -0.1) is 0 Å². The molecule has 0 aliphatic carbocycles. The molecule has 0 amide bonds. The van der Waals surface area contributed by atoms with Crippen molar-refractivity contribution in [3.8, 4) is 28.3 Å². The molecule has 0 spiro atoms. The van der Waals surface area contributed by atoms with Gasteiger partial charge in [-0.1, -0.05) is 0 Å². The van der Waals surface area contributed by atoms with E-state index in [1.807, 2.05) is 40.9 Å². The molecule has 1 aliphatic rings. The molecule has 4 heterocycles. The fraction of sp³-hybridized carbons (Fsp3) is 0.105. The lowest BCUT2D eigenvalue weighted by molar-refractivity contribution is 0.323. The standard InChI is InChI=1S/C19H16N6O/c20-16-11-12(4-6-22-16)17-18(25-8-1-5-23-19(25)24-17)13-2-3-15-14(10-13)21-7-9-26-15/h1-6,8,10-11,21H,7,9H2,(H2,20,22). The van der Waals surface area contributed by atoms with E-state index >= 15 is 0 Å². The fourth-order valence-corrected chi connectivity index (χ4v) is 3.25. The Morgan fingerprint density at radius 1 is 1.08 bits per heavy atom. The molecule has 1 aromatic carbocycles. The Labute approximate surface area is 149 Å². The van der Waals surface area contributed by atoms with E-state index in [0.717, 1.165) is 40.5 Å². The van der Waals surface area contributed by atoms with Crippen molar-refractivity contribution in [1.82, 2.24) is 19.4 Å². The molecular weight excluding hydrogens is 328 g/mol. The molecule has 0 saturated carbocycles. The summed E-state index contributed by atoms with van der Waals surface area (Å²) in [5.41, 5.74) is 10.6. The molecule has 3 aromatic heterocycles. The van der Waals surface area contributed by atoms with Gasteiger partial charge in [0.15, 0.2) is 0 Å². The van der Waals surface area contributed by atoms with Gasteiger partial charge in [0.2, 0.25) is 5.78 Å². The van der Waals surface area contributed by atoms with Crippen LogP contribution in [-0.2, 0) is 0 Å². The summed E-state index contributed by atoms with van der Waals surface area (Å²) in [6, 6.07) is 11.7. The molecule has 4 aromatic rings. The first-order valence-electron chi connectivity index (χ1n) is 8.36. The second kappa shape index (κ2) is 5.73. The van der Waals surface area contributed by atoms with Crippen LogP contribution in [0.5, 0.6) is 5.75 Å². The van der Waals surface area contributed by atoms with E-state index < -0.39 is 0 Å². The van der Waals surface area contributed by atoms with Crippen molar-refractivity contribution in [2.45, 2.75) is 0 Å². The number of fused-ring (bicyclic) bond motifs is 2. The summed E-state index contributed by atoms with van der Waals surface area (Å²) >= 11 is 0. The molecule has 128 valence electrons. The highest BCUT2D eigenvalue weighted by Gasteiger charge is 2.19. The Morgan fingerprint density at radius 2 is 2.04 bits per heavy atom. The van der Waals surface area contributed by atoms with Crippen LogP contribution in [0.15, 0.2) is 55.0 Å². The van der Waals surface area contributed by atoms with Crippen LogP contribution in [0.3, 0.4) is 0 Å². The number of hydrogen-bond donors (Lipinski definition) is 2. The van der Waals surface area contributed by atoms with Gasteiger partial charge in [0.05, 0.1) is 17.1 Å². The van der Waals surface area contributed by atoms with Crippen LogP contribution in [0.4, 0.5) is 11.5 Å². The summed E-state index contributed by atoms with van der Waals surface area (Å²) in [4.78, 5) is 13.2. The molecule has 26 heavy (non-hydrogen) atoms. The van der Waals surface area contributed by atoms with E-state index in [1.54, 1.807) is 12.4 Å². The summed E-state index contributed by atoms with van der Waals surface area (Å²) in [7, 11) is 0. The van der Waals surface area contributed by atoms with Crippen LogP contribution in [0.25, 0.3) is 28.3 Å². The minimum absolute atomic E-state index is 0.457. The summed E-state index contributed by atoms with van der Waals surface area (Å²) < 4.78 is 7.68. The zero-order valence-corrected chi connectivity index (χ0v) is 13.9. The summed E-state index contributed by atoms with van der Waals surface area (Å²) in [6.45, 7) is 1.46. The van der Waals surface area contributed by atoms with Gasteiger partial charge in [0.25, 0.3) is 0 Å². The van der Waals surface area contributed by atoms with Crippen molar-refractivity contribution >= 4 is 17.3 Å². The van der Waals surface area contributed by atoms with E-state index in [9.17, 15) is 0 Å². The molecule has 0 radical (unpaired) electrons. The molecule has 7 nitrogen and oxygen atoms in total. The molecule has 0 atom stereocenters. The van der Waals surface area contributed by atoms with Gasteiger partial charge in [-0.25, -0.2) is 15.0 Å². The summed E-state index contributed by atoms with van der Waals surface area (Å²) in [5.74, 6) is 1.95. The number of nitrogens with two attached hydrogens (primary N) is 1. The van der Waals surface area contributed by atoms with Crippen LogP contribution < -0.4 is 15.8 Å². The Balaban J connectivity index is 1.77. The molecule has 7 heteroatoms. The van der Waals surface area contributed by atoms with E-state index in [0.29, 0.717) is 18.2 Å². The molecule has 0 unspecified atom stereocenters. The van der Waals surface area contributed by atoms with Gasteiger partial charge in [-0.05, 0) is 36.4 Å². The van der Waals surface area contributed by atoms with Crippen LogP contribution in [-0.4, -0.2) is 32.5 Å². The third-order valence-electron chi connectivity index (χ3n) is 4.39. The van der Waals surface area contributed by atoms with Gasteiger partial charge in [-0.2, -0.15) is 0 Å². The van der Waals surface area contributed by atoms with E-state index in [2.05, 4.69) is 21.4 Å². The Bertz CT molecular complexity index is 1120. The van der Waals surface area contributed by atoms with Crippen molar-refractivity contribution in [3.63, 3.8) is 0 Å². The normalized spacial score (nSPS) is 13.1. The van der Waals surface area contributed by atoms with Gasteiger partial charge in [-0.3, -0.25) is 4.40 Å². The van der Waals surface area contributed by atoms with Crippen LogP contribution in [0.2, 0.25) is 0 Å². The fourth-order valence-electron chi connectivity index (χ4n) is 3.25. The average molecular weight is 344 g/mol. The number of nitrogens with zero attached hydrogens (tertiary/aromatic N) is 4. The first-order valence-corrected chi connectivity index (χ1v) is 8.36. The minimum Gasteiger partial charge on any atom is -0.490 e. The van der Waals surface area contributed by atoms with Crippen LogP contribution >= 0.6 is 0 Å². The lowest BCUT2D eigenvalue weighted by atomic mass is 10.0. The number of anilines is 2. The number of imidazole rings is 1.